The number of esters is 1. The smallest absolute Gasteiger partial charge is 0.375 e. The maximum absolute atomic E-state index is 13.0. The maximum atomic E-state index is 13.0. The molecule has 146 valence electrons. The third-order valence-electron chi connectivity index (χ3n) is 4.41. The summed E-state index contributed by atoms with van der Waals surface area (Å²) in [4.78, 5) is 24.4. The first kappa shape index (κ1) is 19.4. The summed E-state index contributed by atoms with van der Waals surface area (Å²) in [5.74, 6) is -0.860. The molecule has 0 saturated heterocycles. The summed E-state index contributed by atoms with van der Waals surface area (Å²) in [6.45, 7) is 3.03. The third-order valence-corrected chi connectivity index (χ3v) is 4.41. The Hall–Kier alpha value is -3.35. The number of carbonyl (C=O) groups excluding carboxylic acids is 2. The van der Waals surface area contributed by atoms with E-state index in [4.69, 9.17) is 13.9 Å². The minimum absolute atomic E-state index is 0.0441. The molecule has 0 spiro atoms. The van der Waals surface area contributed by atoms with Crippen molar-refractivity contribution in [3.63, 3.8) is 0 Å². The van der Waals surface area contributed by atoms with E-state index >= 15 is 0 Å². The van der Waals surface area contributed by atoms with Crippen molar-refractivity contribution in [1.82, 2.24) is 5.32 Å². The highest BCUT2D eigenvalue weighted by atomic mass is 19.1. The Morgan fingerprint density at radius 3 is 2.57 bits per heavy atom. The lowest BCUT2D eigenvalue weighted by molar-refractivity contribution is -0.124. The van der Waals surface area contributed by atoms with Crippen LogP contribution in [-0.4, -0.2) is 25.6 Å². The van der Waals surface area contributed by atoms with Crippen LogP contribution in [0.1, 0.15) is 34.6 Å². The van der Waals surface area contributed by atoms with Crippen LogP contribution in [0, 0.1) is 12.7 Å². The summed E-state index contributed by atoms with van der Waals surface area (Å²) in [5.41, 5.74) is 1.88. The number of rotatable bonds is 6. The van der Waals surface area contributed by atoms with Crippen LogP contribution in [0.3, 0.4) is 0 Å². The van der Waals surface area contributed by atoms with E-state index in [2.05, 4.69) is 5.32 Å². The van der Waals surface area contributed by atoms with Crippen molar-refractivity contribution in [2.75, 3.05) is 13.7 Å². The van der Waals surface area contributed by atoms with Crippen LogP contribution in [0.15, 0.2) is 46.9 Å². The average Bonchev–Trinajstić information content (AvgIpc) is 3.02. The van der Waals surface area contributed by atoms with Gasteiger partial charge in [-0.25, -0.2) is 9.18 Å². The van der Waals surface area contributed by atoms with Crippen LogP contribution in [0.25, 0.3) is 11.0 Å². The topological polar surface area (TPSA) is 77.8 Å². The molecule has 0 radical (unpaired) electrons. The SMILES string of the molecule is COc1ccc2oc(C(=O)OCC(=O)NC(C)c3ccc(F)cc3)c(C)c2c1. The molecule has 0 aliphatic heterocycles. The van der Waals surface area contributed by atoms with E-state index in [9.17, 15) is 14.0 Å². The van der Waals surface area contributed by atoms with Crippen molar-refractivity contribution in [3.8, 4) is 5.75 Å². The van der Waals surface area contributed by atoms with E-state index in [1.807, 2.05) is 0 Å². The zero-order valence-corrected chi connectivity index (χ0v) is 15.7. The van der Waals surface area contributed by atoms with Gasteiger partial charge in [0.25, 0.3) is 5.91 Å². The van der Waals surface area contributed by atoms with E-state index in [0.29, 0.717) is 16.9 Å². The summed E-state index contributed by atoms with van der Waals surface area (Å²) < 4.78 is 28.8. The van der Waals surface area contributed by atoms with Crippen LogP contribution < -0.4 is 10.1 Å². The van der Waals surface area contributed by atoms with E-state index in [1.54, 1.807) is 51.3 Å². The highest BCUT2D eigenvalue weighted by Gasteiger charge is 2.21. The molecule has 0 aliphatic carbocycles. The van der Waals surface area contributed by atoms with Gasteiger partial charge in [0.2, 0.25) is 5.76 Å². The molecule has 0 fully saturated rings. The van der Waals surface area contributed by atoms with Gasteiger partial charge < -0.3 is 19.2 Å². The predicted octanol–water partition coefficient (Wildman–Crippen LogP) is 3.92. The van der Waals surface area contributed by atoms with E-state index in [0.717, 1.165) is 10.9 Å². The first-order valence-corrected chi connectivity index (χ1v) is 8.68. The zero-order valence-electron chi connectivity index (χ0n) is 15.7. The van der Waals surface area contributed by atoms with Crippen LogP contribution in [-0.2, 0) is 9.53 Å². The molecule has 1 heterocycles. The Kier molecular flexibility index (Phi) is 5.63. The lowest BCUT2D eigenvalue weighted by Crippen LogP contribution is -2.31. The first-order valence-electron chi connectivity index (χ1n) is 8.68. The number of carbonyl (C=O) groups is 2. The highest BCUT2D eigenvalue weighted by molar-refractivity contribution is 5.97. The summed E-state index contributed by atoms with van der Waals surface area (Å²) in [5, 5.41) is 3.43. The second-order valence-electron chi connectivity index (χ2n) is 6.34. The normalized spacial score (nSPS) is 11.9. The van der Waals surface area contributed by atoms with Gasteiger partial charge in [0.15, 0.2) is 6.61 Å². The number of aryl methyl sites for hydroxylation is 1. The van der Waals surface area contributed by atoms with Gasteiger partial charge in [0, 0.05) is 10.9 Å². The molecule has 1 N–H and O–H groups in total. The summed E-state index contributed by atoms with van der Waals surface area (Å²) in [6.07, 6.45) is 0. The molecule has 1 amide bonds. The lowest BCUT2D eigenvalue weighted by Gasteiger charge is -2.14. The van der Waals surface area contributed by atoms with Crippen LogP contribution in [0.4, 0.5) is 4.39 Å². The molecular weight excluding hydrogens is 365 g/mol. The van der Waals surface area contributed by atoms with Gasteiger partial charge in [-0.2, -0.15) is 0 Å². The fraction of sp³-hybridized carbons (Fsp3) is 0.238. The largest absolute Gasteiger partial charge is 0.497 e. The quantitative estimate of drug-likeness (QED) is 0.651. The average molecular weight is 385 g/mol. The highest BCUT2D eigenvalue weighted by Crippen LogP contribution is 2.29. The Morgan fingerprint density at radius 1 is 1.18 bits per heavy atom. The number of ether oxygens (including phenoxy) is 2. The van der Waals surface area contributed by atoms with Gasteiger partial charge in [0.1, 0.15) is 17.1 Å². The van der Waals surface area contributed by atoms with Gasteiger partial charge >= 0.3 is 5.97 Å². The second kappa shape index (κ2) is 8.12. The summed E-state index contributed by atoms with van der Waals surface area (Å²) in [6, 6.07) is 10.6. The van der Waals surface area contributed by atoms with E-state index < -0.39 is 18.5 Å². The summed E-state index contributed by atoms with van der Waals surface area (Å²) >= 11 is 0. The number of amides is 1. The second-order valence-corrected chi connectivity index (χ2v) is 6.34. The number of benzene rings is 2. The fourth-order valence-corrected chi connectivity index (χ4v) is 2.84. The number of hydrogen-bond donors (Lipinski definition) is 1. The van der Waals surface area contributed by atoms with E-state index in [1.165, 1.54) is 12.1 Å². The fourth-order valence-electron chi connectivity index (χ4n) is 2.84. The van der Waals surface area contributed by atoms with E-state index in [-0.39, 0.29) is 17.6 Å². The molecule has 0 aliphatic rings. The first-order chi connectivity index (χ1) is 13.4. The minimum atomic E-state index is -0.725. The standard InChI is InChI=1S/C21H20FNO5/c1-12-17-10-16(26-3)8-9-18(17)28-20(12)21(25)27-11-19(24)23-13(2)14-4-6-15(22)7-5-14/h4-10,13H,11H2,1-3H3,(H,23,24). The molecule has 0 bridgehead atoms. The molecular formula is C21H20FNO5. The Labute approximate surface area is 161 Å². The van der Waals surface area contributed by atoms with Crippen molar-refractivity contribution >= 4 is 22.8 Å². The number of hydrogen-bond acceptors (Lipinski definition) is 5. The maximum Gasteiger partial charge on any atom is 0.375 e. The minimum Gasteiger partial charge on any atom is -0.497 e. The zero-order chi connectivity index (χ0) is 20.3. The number of halogens is 1. The molecule has 1 aromatic heterocycles. The monoisotopic (exact) mass is 385 g/mol. The number of methoxy groups -OCH3 is 1. The molecule has 2 aromatic carbocycles. The molecule has 1 atom stereocenters. The van der Waals surface area contributed by atoms with Gasteiger partial charge in [-0.3, -0.25) is 4.79 Å². The van der Waals surface area contributed by atoms with Crippen molar-refractivity contribution in [2.24, 2.45) is 0 Å². The van der Waals surface area contributed by atoms with Crippen molar-refractivity contribution in [2.45, 2.75) is 19.9 Å². The molecule has 1 unspecified atom stereocenters. The van der Waals surface area contributed by atoms with Crippen molar-refractivity contribution in [3.05, 3.63) is 65.2 Å². The number of nitrogens with one attached hydrogen (secondary N) is 1. The number of fused-ring (bicyclic) bond motifs is 1. The van der Waals surface area contributed by atoms with Crippen LogP contribution >= 0.6 is 0 Å². The molecule has 7 heteroatoms. The van der Waals surface area contributed by atoms with Crippen LogP contribution in [0.2, 0.25) is 0 Å². The third kappa shape index (κ3) is 4.14. The van der Waals surface area contributed by atoms with Crippen molar-refractivity contribution < 1.29 is 27.9 Å². The molecule has 3 aromatic rings. The lowest BCUT2D eigenvalue weighted by atomic mass is 10.1. The Bertz CT molecular complexity index is 1010. The Balaban J connectivity index is 1.62. The molecule has 28 heavy (non-hydrogen) atoms. The molecule has 0 saturated carbocycles. The predicted molar refractivity (Wildman–Crippen MR) is 101 cm³/mol. The van der Waals surface area contributed by atoms with Gasteiger partial charge in [-0.15, -0.1) is 0 Å². The molecule has 6 nitrogen and oxygen atoms in total. The summed E-state index contributed by atoms with van der Waals surface area (Å²) in [7, 11) is 1.55. The van der Waals surface area contributed by atoms with Crippen LogP contribution in [0.5, 0.6) is 5.75 Å². The van der Waals surface area contributed by atoms with Crippen molar-refractivity contribution in [1.29, 1.82) is 0 Å². The van der Waals surface area contributed by atoms with Gasteiger partial charge in [-0.1, -0.05) is 12.1 Å². The molecule has 3 rings (SSSR count). The number of furan rings is 1. The van der Waals surface area contributed by atoms with Gasteiger partial charge in [0.05, 0.1) is 13.2 Å². The Morgan fingerprint density at radius 2 is 1.89 bits per heavy atom. The van der Waals surface area contributed by atoms with Gasteiger partial charge in [-0.05, 0) is 49.7 Å².